The molecule has 1 aliphatic rings. The van der Waals surface area contributed by atoms with Crippen molar-refractivity contribution in [1.82, 2.24) is 4.90 Å². The van der Waals surface area contributed by atoms with Crippen molar-refractivity contribution in [3.63, 3.8) is 0 Å². The monoisotopic (exact) mass is 424 g/mol. The molecule has 0 aliphatic carbocycles. The van der Waals surface area contributed by atoms with Crippen LogP contribution in [-0.2, 0) is 9.59 Å². The third-order valence-electron chi connectivity index (χ3n) is 4.32. The van der Waals surface area contributed by atoms with Gasteiger partial charge in [0.1, 0.15) is 0 Å². The van der Waals surface area contributed by atoms with Gasteiger partial charge in [-0.2, -0.15) is 0 Å². The van der Waals surface area contributed by atoms with Crippen LogP contribution in [0, 0.1) is 11.6 Å². The van der Waals surface area contributed by atoms with Crippen molar-refractivity contribution < 1.29 is 18.4 Å². The first-order chi connectivity index (χ1) is 12.4. The molecule has 1 heterocycles. The summed E-state index contributed by atoms with van der Waals surface area (Å²) in [5, 5.41) is 2.45. The summed E-state index contributed by atoms with van der Waals surface area (Å²) in [6.45, 7) is 0.576. The molecule has 1 unspecified atom stereocenters. The number of piperidine rings is 1. The molecule has 4 nitrogen and oxygen atoms in total. The van der Waals surface area contributed by atoms with Crippen molar-refractivity contribution in [1.29, 1.82) is 0 Å². The third kappa shape index (κ3) is 3.50. The Morgan fingerprint density at radius 1 is 1.15 bits per heavy atom. The molecule has 26 heavy (non-hydrogen) atoms. The maximum atomic E-state index is 14.0. The van der Waals surface area contributed by atoms with Crippen LogP contribution in [0.4, 0.5) is 14.5 Å². The van der Waals surface area contributed by atoms with Crippen LogP contribution < -0.4 is 9.78 Å². The maximum absolute atomic E-state index is 14.0. The van der Waals surface area contributed by atoms with Crippen molar-refractivity contribution in [3.8, 4) is 0 Å². The zero-order valence-corrected chi connectivity index (χ0v) is 15.9. The van der Waals surface area contributed by atoms with E-state index in [-0.39, 0.29) is 11.6 Å². The zero-order chi connectivity index (χ0) is 18.7. The molecule has 1 atom stereocenters. The van der Waals surface area contributed by atoms with E-state index in [1.807, 2.05) is 30.3 Å². The van der Waals surface area contributed by atoms with Gasteiger partial charge >= 0.3 is 156 Å². The number of hydrogen-bond acceptors (Lipinski definition) is 2. The van der Waals surface area contributed by atoms with Gasteiger partial charge in [0.05, 0.1) is 0 Å². The van der Waals surface area contributed by atoms with Gasteiger partial charge in [-0.05, 0) is 0 Å². The summed E-state index contributed by atoms with van der Waals surface area (Å²) in [6.07, 6.45) is 1.06. The molecular weight excluding hydrogens is 405 g/mol. The van der Waals surface area contributed by atoms with E-state index in [9.17, 15) is 18.4 Å². The van der Waals surface area contributed by atoms with Gasteiger partial charge in [-0.25, -0.2) is 0 Å². The van der Waals surface area contributed by atoms with Crippen LogP contribution in [0.5, 0.6) is 0 Å². The van der Waals surface area contributed by atoms with Crippen LogP contribution in [0.15, 0.2) is 48.5 Å². The van der Waals surface area contributed by atoms with E-state index in [2.05, 4.69) is 5.32 Å². The van der Waals surface area contributed by atoms with Gasteiger partial charge in [-0.1, -0.05) is 0 Å². The molecule has 1 fully saturated rings. The minimum atomic E-state index is -1.28. The number of benzene rings is 2. The molecule has 2 aromatic rings. The van der Waals surface area contributed by atoms with Gasteiger partial charge in [0.15, 0.2) is 0 Å². The SMILES string of the molecule is CN1CCCC([Se]c2ccccc2)(C(=O)Nc2cccc(F)c2F)C1=O. The van der Waals surface area contributed by atoms with Crippen molar-refractivity contribution >= 4 is 36.9 Å². The molecule has 136 valence electrons. The van der Waals surface area contributed by atoms with E-state index in [1.54, 1.807) is 7.05 Å². The quantitative estimate of drug-likeness (QED) is 0.607. The average Bonchev–Trinajstić information content (AvgIpc) is 2.63. The van der Waals surface area contributed by atoms with Gasteiger partial charge < -0.3 is 0 Å². The Hall–Kier alpha value is -2.24. The number of anilines is 1. The number of nitrogens with one attached hydrogen (secondary N) is 1. The number of hydrogen-bond donors (Lipinski definition) is 1. The van der Waals surface area contributed by atoms with Gasteiger partial charge in [-0.3, -0.25) is 0 Å². The molecule has 0 bridgehead atoms. The molecule has 2 amide bonds. The molecule has 3 rings (SSSR count). The van der Waals surface area contributed by atoms with Crippen molar-refractivity contribution in [2.45, 2.75) is 17.2 Å². The fourth-order valence-corrected chi connectivity index (χ4v) is 5.74. The van der Waals surface area contributed by atoms with Crippen molar-refractivity contribution in [2.24, 2.45) is 0 Å². The molecule has 0 spiro atoms. The molecule has 1 N–H and O–H groups in total. The Bertz CT molecular complexity index is 832. The normalized spacial score (nSPS) is 20.1. The topological polar surface area (TPSA) is 49.4 Å². The fourth-order valence-electron chi connectivity index (χ4n) is 2.95. The van der Waals surface area contributed by atoms with Gasteiger partial charge in [0.2, 0.25) is 0 Å². The Kier molecular flexibility index (Phi) is 5.39. The van der Waals surface area contributed by atoms with E-state index in [0.29, 0.717) is 19.4 Å². The minimum absolute atomic E-state index is 0.251. The van der Waals surface area contributed by atoms with Crippen LogP contribution in [0.25, 0.3) is 0 Å². The van der Waals surface area contributed by atoms with Gasteiger partial charge in [0, 0.05) is 0 Å². The number of rotatable bonds is 4. The molecule has 0 radical (unpaired) electrons. The molecule has 0 aromatic heterocycles. The standard InChI is InChI=1S/C19H18F2N2O2Se/c1-23-12-6-11-19(18(23)25,26-13-7-3-2-4-8-13)17(24)22-15-10-5-9-14(20)16(15)21/h2-5,7-10H,6,11-12H2,1H3,(H,22,24). The number of carbonyl (C=O) groups is 2. The van der Waals surface area contributed by atoms with Crippen LogP contribution >= 0.6 is 0 Å². The van der Waals surface area contributed by atoms with Crippen LogP contribution in [0.2, 0.25) is 4.31 Å². The number of likely N-dealkylation sites (tertiary alicyclic amines) is 1. The summed E-state index contributed by atoms with van der Waals surface area (Å²) < 4.78 is 27.1. The van der Waals surface area contributed by atoms with E-state index < -0.39 is 36.8 Å². The molecule has 7 heteroatoms. The summed E-state index contributed by atoms with van der Waals surface area (Å²) in [4.78, 5) is 27.6. The van der Waals surface area contributed by atoms with E-state index in [0.717, 1.165) is 10.5 Å². The summed E-state index contributed by atoms with van der Waals surface area (Å²) in [6, 6.07) is 12.9. The zero-order valence-electron chi connectivity index (χ0n) is 14.2. The van der Waals surface area contributed by atoms with Crippen molar-refractivity contribution in [2.75, 3.05) is 18.9 Å². The Labute approximate surface area is 156 Å². The third-order valence-corrected chi connectivity index (χ3v) is 7.30. The first kappa shape index (κ1) is 18.5. The second-order valence-corrected chi connectivity index (χ2v) is 9.01. The Balaban J connectivity index is 1.96. The number of nitrogens with zero attached hydrogens (tertiary/aromatic N) is 1. The van der Waals surface area contributed by atoms with Gasteiger partial charge in [0.25, 0.3) is 0 Å². The molecular formula is C19H18F2N2O2Se. The van der Waals surface area contributed by atoms with E-state index in [4.69, 9.17) is 0 Å². The van der Waals surface area contributed by atoms with E-state index >= 15 is 0 Å². The average molecular weight is 423 g/mol. The van der Waals surface area contributed by atoms with Crippen LogP contribution in [-0.4, -0.2) is 45.3 Å². The number of halogens is 2. The first-order valence-electron chi connectivity index (χ1n) is 8.19. The fraction of sp³-hybridized carbons (Fsp3) is 0.263. The number of carbonyl (C=O) groups excluding carboxylic acids is 2. The Morgan fingerprint density at radius 2 is 1.88 bits per heavy atom. The molecule has 0 saturated carbocycles. The van der Waals surface area contributed by atoms with Crippen LogP contribution in [0.3, 0.4) is 0 Å². The first-order valence-corrected chi connectivity index (χ1v) is 9.90. The molecule has 2 aromatic carbocycles. The predicted molar refractivity (Wildman–Crippen MR) is 96.4 cm³/mol. The van der Waals surface area contributed by atoms with Gasteiger partial charge in [-0.15, -0.1) is 0 Å². The Morgan fingerprint density at radius 3 is 2.62 bits per heavy atom. The second kappa shape index (κ2) is 7.56. The summed E-state index contributed by atoms with van der Waals surface area (Å²) in [5.41, 5.74) is -0.251. The second-order valence-electron chi connectivity index (χ2n) is 6.13. The predicted octanol–water partition coefficient (Wildman–Crippen LogP) is 2.34. The summed E-state index contributed by atoms with van der Waals surface area (Å²) in [5.74, 6) is -3.03. The van der Waals surface area contributed by atoms with E-state index in [1.165, 1.54) is 17.0 Å². The van der Waals surface area contributed by atoms with Crippen molar-refractivity contribution in [3.05, 3.63) is 60.2 Å². The molecule has 1 saturated heterocycles. The number of amides is 2. The van der Waals surface area contributed by atoms with Crippen LogP contribution in [0.1, 0.15) is 12.8 Å². The molecule has 1 aliphatic heterocycles. The summed E-state index contributed by atoms with van der Waals surface area (Å²) in [7, 11) is 1.66. The summed E-state index contributed by atoms with van der Waals surface area (Å²) >= 11 is -0.492.